The van der Waals surface area contributed by atoms with Gasteiger partial charge in [-0.15, -0.1) is 0 Å². The van der Waals surface area contributed by atoms with E-state index in [0.717, 1.165) is 4.47 Å². The number of hydrogen-bond acceptors (Lipinski definition) is 5. The van der Waals surface area contributed by atoms with E-state index in [-0.39, 0.29) is 18.3 Å². The minimum atomic E-state index is -0.479. The van der Waals surface area contributed by atoms with Crippen molar-refractivity contribution in [2.24, 2.45) is 0 Å². The van der Waals surface area contributed by atoms with Crippen molar-refractivity contribution in [3.05, 3.63) is 58.0 Å². The lowest BCUT2D eigenvalue weighted by atomic mass is 10.3. The van der Waals surface area contributed by atoms with Gasteiger partial charge in [-0.05, 0) is 60.7 Å². The number of carbonyl (C=O) groups excluding carboxylic acids is 2. The number of ether oxygens (including phenoxy) is 2. The summed E-state index contributed by atoms with van der Waals surface area (Å²) in [6, 6.07) is 13.6. The Balaban J connectivity index is 1.62. The molecule has 0 unspecified atom stereocenters. The van der Waals surface area contributed by atoms with Crippen LogP contribution in [0.2, 0.25) is 5.02 Å². The van der Waals surface area contributed by atoms with E-state index in [1.54, 1.807) is 48.5 Å². The van der Waals surface area contributed by atoms with E-state index in [0.29, 0.717) is 16.5 Å². The molecule has 3 N–H and O–H groups in total. The monoisotopic (exact) mass is 471 g/mol. The molecule has 0 saturated carbocycles. The van der Waals surface area contributed by atoms with Gasteiger partial charge in [-0.3, -0.25) is 25.8 Å². The van der Waals surface area contributed by atoms with E-state index in [2.05, 4.69) is 32.1 Å². The molecule has 0 fully saturated rings. The van der Waals surface area contributed by atoms with Crippen LogP contribution in [0, 0.1) is 0 Å². The molecule has 0 aromatic heterocycles. The van der Waals surface area contributed by atoms with Crippen LogP contribution in [0.5, 0.6) is 11.5 Å². The van der Waals surface area contributed by atoms with Gasteiger partial charge in [-0.2, -0.15) is 0 Å². The summed E-state index contributed by atoms with van der Waals surface area (Å²) < 4.78 is 11.5. The number of benzene rings is 2. The number of hydrazine groups is 1. The average Bonchev–Trinajstić information content (AvgIpc) is 2.65. The standard InChI is InChI=1S/C17H15BrClN3O4S/c18-11-1-5-13(6-2-11)25-9-15(23)20-17(27)22-21-16(24)10-26-14-7-3-12(19)4-8-14/h1-8H,9-10H2,(H,21,24)(H2,20,22,23,27). The smallest absolute Gasteiger partial charge is 0.276 e. The molecule has 0 spiro atoms. The Bertz CT molecular complexity index is 803. The van der Waals surface area contributed by atoms with Crippen molar-refractivity contribution < 1.29 is 19.1 Å². The molecule has 2 aromatic carbocycles. The number of thiocarbonyl (C=S) groups is 1. The van der Waals surface area contributed by atoms with Gasteiger partial charge in [0.2, 0.25) is 0 Å². The van der Waals surface area contributed by atoms with Crippen LogP contribution in [-0.4, -0.2) is 30.1 Å². The number of nitrogens with one attached hydrogen (secondary N) is 3. The van der Waals surface area contributed by atoms with E-state index < -0.39 is 11.8 Å². The van der Waals surface area contributed by atoms with Gasteiger partial charge < -0.3 is 9.47 Å². The first-order chi connectivity index (χ1) is 12.9. The molecule has 0 atom stereocenters. The van der Waals surface area contributed by atoms with Crippen LogP contribution in [0.25, 0.3) is 0 Å². The molecule has 142 valence electrons. The SMILES string of the molecule is O=C(COc1ccc(Cl)cc1)NNC(=S)NC(=O)COc1ccc(Br)cc1. The molecule has 0 bridgehead atoms. The van der Waals surface area contributed by atoms with Crippen LogP contribution in [-0.2, 0) is 9.59 Å². The van der Waals surface area contributed by atoms with Gasteiger partial charge in [0.15, 0.2) is 18.3 Å². The van der Waals surface area contributed by atoms with Crippen LogP contribution < -0.4 is 25.6 Å². The van der Waals surface area contributed by atoms with Gasteiger partial charge in [0.25, 0.3) is 11.8 Å². The van der Waals surface area contributed by atoms with E-state index in [9.17, 15) is 9.59 Å². The van der Waals surface area contributed by atoms with Crippen LogP contribution in [0.15, 0.2) is 53.0 Å². The second kappa shape index (κ2) is 10.7. The zero-order valence-corrected chi connectivity index (χ0v) is 17.0. The molecule has 0 aliphatic rings. The van der Waals surface area contributed by atoms with Gasteiger partial charge in [0, 0.05) is 9.50 Å². The van der Waals surface area contributed by atoms with Gasteiger partial charge in [0.1, 0.15) is 11.5 Å². The first kappa shape index (κ1) is 20.9. The van der Waals surface area contributed by atoms with Crippen LogP contribution in [0.1, 0.15) is 0 Å². The van der Waals surface area contributed by atoms with Crippen molar-refractivity contribution in [3.63, 3.8) is 0 Å². The Morgan fingerprint density at radius 3 is 2.00 bits per heavy atom. The summed E-state index contributed by atoms with van der Waals surface area (Å²) in [5, 5.41) is 2.87. The molecule has 0 aliphatic carbocycles. The highest BCUT2D eigenvalue weighted by Gasteiger charge is 2.08. The summed E-state index contributed by atoms with van der Waals surface area (Å²) in [4.78, 5) is 23.4. The molecule has 0 saturated heterocycles. The fourth-order valence-corrected chi connectivity index (χ4v) is 2.27. The molecule has 2 amide bonds. The molecule has 27 heavy (non-hydrogen) atoms. The molecule has 2 rings (SSSR count). The van der Waals surface area contributed by atoms with Crippen molar-refractivity contribution in [3.8, 4) is 11.5 Å². The first-order valence-corrected chi connectivity index (χ1v) is 9.15. The highest BCUT2D eigenvalue weighted by molar-refractivity contribution is 9.10. The minimum Gasteiger partial charge on any atom is -0.484 e. The Kier molecular flexibility index (Phi) is 8.31. The van der Waals surface area contributed by atoms with E-state index in [1.807, 2.05) is 0 Å². The van der Waals surface area contributed by atoms with Crippen molar-refractivity contribution in [2.75, 3.05) is 13.2 Å². The highest BCUT2D eigenvalue weighted by atomic mass is 79.9. The van der Waals surface area contributed by atoms with Crippen molar-refractivity contribution in [1.82, 2.24) is 16.2 Å². The van der Waals surface area contributed by atoms with Gasteiger partial charge in [-0.1, -0.05) is 27.5 Å². The van der Waals surface area contributed by atoms with Crippen LogP contribution in [0.4, 0.5) is 0 Å². The molecule has 10 heteroatoms. The number of hydrogen-bond donors (Lipinski definition) is 3. The Morgan fingerprint density at radius 1 is 0.889 bits per heavy atom. The van der Waals surface area contributed by atoms with Crippen molar-refractivity contribution in [1.29, 1.82) is 0 Å². The first-order valence-electron chi connectivity index (χ1n) is 7.58. The lowest BCUT2D eigenvalue weighted by molar-refractivity contribution is -0.124. The van der Waals surface area contributed by atoms with E-state index >= 15 is 0 Å². The van der Waals surface area contributed by atoms with Gasteiger partial charge in [0.05, 0.1) is 0 Å². The minimum absolute atomic E-state index is 0.0701. The number of carbonyl (C=O) groups is 2. The summed E-state index contributed by atoms with van der Waals surface area (Å²) in [6.45, 7) is -0.463. The molecule has 0 aliphatic heterocycles. The fraction of sp³-hybridized carbons (Fsp3) is 0.118. The number of rotatable bonds is 6. The molecular formula is C17H15BrClN3O4S. The van der Waals surface area contributed by atoms with E-state index in [1.165, 1.54) is 0 Å². The fourth-order valence-electron chi connectivity index (χ4n) is 1.72. The quantitative estimate of drug-likeness (QED) is 0.442. The largest absolute Gasteiger partial charge is 0.484 e. The summed E-state index contributed by atoms with van der Waals surface area (Å²) in [7, 11) is 0. The zero-order chi connectivity index (χ0) is 19.6. The Hall–Kier alpha value is -2.36. The third kappa shape index (κ3) is 8.25. The number of halogens is 2. The highest BCUT2D eigenvalue weighted by Crippen LogP contribution is 2.16. The third-order valence-electron chi connectivity index (χ3n) is 2.94. The zero-order valence-electron chi connectivity index (χ0n) is 13.8. The van der Waals surface area contributed by atoms with Gasteiger partial charge in [-0.25, -0.2) is 0 Å². The van der Waals surface area contributed by atoms with Gasteiger partial charge >= 0.3 is 0 Å². The molecule has 0 radical (unpaired) electrons. The number of amides is 2. The van der Waals surface area contributed by atoms with Crippen molar-refractivity contribution >= 4 is 56.7 Å². The lowest BCUT2D eigenvalue weighted by Gasteiger charge is -2.12. The normalized spacial score (nSPS) is 9.85. The summed E-state index contributed by atoms with van der Waals surface area (Å²) in [6.07, 6.45) is 0. The molecule has 2 aromatic rings. The second-order valence-electron chi connectivity index (χ2n) is 5.04. The Morgan fingerprint density at radius 2 is 1.41 bits per heavy atom. The topological polar surface area (TPSA) is 88.7 Å². The Labute approximate surface area is 174 Å². The van der Waals surface area contributed by atoms with Crippen molar-refractivity contribution in [2.45, 2.75) is 0 Å². The maximum atomic E-state index is 11.8. The molecular weight excluding hydrogens is 458 g/mol. The maximum absolute atomic E-state index is 11.8. The third-order valence-corrected chi connectivity index (χ3v) is 3.92. The lowest BCUT2D eigenvalue weighted by Crippen LogP contribution is -2.50. The molecule has 0 heterocycles. The average molecular weight is 473 g/mol. The maximum Gasteiger partial charge on any atom is 0.276 e. The summed E-state index contributed by atoms with van der Waals surface area (Å²) >= 11 is 14.0. The predicted molar refractivity (Wildman–Crippen MR) is 109 cm³/mol. The molecule has 7 nitrogen and oxygen atoms in total. The summed E-state index contributed by atoms with van der Waals surface area (Å²) in [5.74, 6) is 0.0881. The predicted octanol–water partition coefficient (Wildman–Crippen LogP) is 2.58. The van der Waals surface area contributed by atoms with Crippen LogP contribution in [0.3, 0.4) is 0 Å². The van der Waals surface area contributed by atoms with Crippen LogP contribution >= 0.6 is 39.7 Å². The summed E-state index contributed by atoms with van der Waals surface area (Å²) in [5.41, 5.74) is 4.71. The second-order valence-corrected chi connectivity index (χ2v) is 6.80. The van der Waals surface area contributed by atoms with E-state index in [4.69, 9.17) is 33.3 Å².